The third kappa shape index (κ3) is 3.10. The molecule has 0 spiro atoms. The highest BCUT2D eigenvalue weighted by atomic mass is 35.5. The highest BCUT2D eigenvalue weighted by Gasteiger charge is 2.05. The molecular formula is C5H9ClF2N4. The van der Waals surface area contributed by atoms with Gasteiger partial charge in [0.2, 0.25) is 0 Å². The Morgan fingerprint density at radius 3 is 2.67 bits per heavy atom. The lowest BCUT2D eigenvalue weighted by Gasteiger charge is -1.95. The average Bonchev–Trinajstić information content (AvgIpc) is 2.34. The van der Waals surface area contributed by atoms with Gasteiger partial charge in [-0.15, -0.1) is 17.5 Å². The molecule has 1 aromatic rings. The summed E-state index contributed by atoms with van der Waals surface area (Å²) in [5.74, 6) is 0. The van der Waals surface area contributed by atoms with E-state index in [-0.39, 0.29) is 19.0 Å². The van der Waals surface area contributed by atoms with Gasteiger partial charge in [0.15, 0.2) is 0 Å². The maximum atomic E-state index is 11.7. The van der Waals surface area contributed by atoms with Crippen molar-refractivity contribution in [3.63, 3.8) is 0 Å². The van der Waals surface area contributed by atoms with E-state index < -0.39 is 13.0 Å². The van der Waals surface area contributed by atoms with Crippen LogP contribution < -0.4 is 5.73 Å². The molecule has 4 nitrogen and oxygen atoms in total. The van der Waals surface area contributed by atoms with Crippen LogP contribution in [0.3, 0.4) is 0 Å². The van der Waals surface area contributed by atoms with Gasteiger partial charge in [-0.2, -0.15) is 0 Å². The number of alkyl halides is 2. The fourth-order valence-corrected chi connectivity index (χ4v) is 0.663. The van der Waals surface area contributed by atoms with Gasteiger partial charge in [-0.1, -0.05) is 5.21 Å². The highest BCUT2D eigenvalue weighted by Crippen LogP contribution is 1.97. The van der Waals surface area contributed by atoms with Crippen LogP contribution in [-0.4, -0.2) is 21.4 Å². The van der Waals surface area contributed by atoms with Gasteiger partial charge < -0.3 is 5.73 Å². The fourth-order valence-electron chi connectivity index (χ4n) is 0.663. The van der Waals surface area contributed by atoms with Crippen molar-refractivity contribution in [3.8, 4) is 0 Å². The smallest absolute Gasteiger partial charge is 0.257 e. The van der Waals surface area contributed by atoms with E-state index in [9.17, 15) is 8.78 Å². The summed E-state index contributed by atoms with van der Waals surface area (Å²) in [6.07, 6.45) is -0.992. The molecule has 0 atom stereocenters. The molecule has 0 aliphatic carbocycles. The molecule has 0 radical (unpaired) electrons. The summed E-state index contributed by atoms with van der Waals surface area (Å²) >= 11 is 0. The van der Waals surface area contributed by atoms with Gasteiger partial charge in [0.25, 0.3) is 6.43 Å². The standard InChI is InChI=1S/C5H8F2N4.ClH/c6-5(7)3-11-2-4(1-8)9-10-11;/h2,5H,1,3,8H2;1H. The zero-order chi connectivity index (χ0) is 8.27. The summed E-state index contributed by atoms with van der Waals surface area (Å²) in [4.78, 5) is 0. The second-order valence-corrected chi connectivity index (χ2v) is 2.03. The average molecular weight is 199 g/mol. The Balaban J connectivity index is 0.00000121. The van der Waals surface area contributed by atoms with E-state index in [1.165, 1.54) is 6.20 Å². The Labute approximate surface area is 74.1 Å². The van der Waals surface area contributed by atoms with E-state index in [2.05, 4.69) is 10.3 Å². The van der Waals surface area contributed by atoms with Gasteiger partial charge in [-0.05, 0) is 0 Å². The molecule has 1 heterocycles. The van der Waals surface area contributed by atoms with Crippen molar-refractivity contribution in [3.05, 3.63) is 11.9 Å². The molecule has 12 heavy (non-hydrogen) atoms. The number of halogens is 3. The van der Waals surface area contributed by atoms with Crippen molar-refractivity contribution in [1.82, 2.24) is 15.0 Å². The number of nitrogens with two attached hydrogens (primary N) is 1. The second-order valence-electron chi connectivity index (χ2n) is 2.03. The largest absolute Gasteiger partial charge is 0.325 e. The van der Waals surface area contributed by atoms with E-state index in [1.807, 2.05) is 0 Å². The van der Waals surface area contributed by atoms with E-state index in [0.717, 1.165) is 4.68 Å². The van der Waals surface area contributed by atoms with E-state index in [4.69, 9.17) is 5.73 Å². The molecule has 0 aromatic carbocycles. The normalized spacial score (nSPS) is 10.0. The van der Waals surface area contributed by atoms with Crippen molar-refractivity contribution >= 4 is 12.4 Å². The van der Waals surface area contributed by atoms with Crippen molar-refractivity contribution in [2.45, 2.75) is 19.5 Å². The summed E-state index contributed by atoms with van der Waals surface area (Å²) < 4.78 is 24.5. The highest BCUT2D eigenvalue weighted by molar-refractivity contribution is 5.85. The number of hydrogen-bond donors (Lipinski definition) is 1. The minimum atomic E-state index is -2.40. The summed E-state index contributed by atoms with van der Waals surface area (Å²) in [6.45, 7) is -0.198. The third-order valence-corrected chi connectivity index (χ3v) is 1.12. The van der Waals surface area contributed by atoms with Crippen molar-refractivity contribution in [2.24, 2.45) is 5.73 Å². The molecule has 2 N–H and O–H groups in total. The number of hydrogen-bond acceptors (Lipinski definition) is 3. The number of nitrogens with zero attached hydrogens (tertiary/aromatic N) is 3. The van der Waals surface area contributed by atoms with Crippen LogP contribution in [0.25, 0.3) is 0 Å². The molecule has 1 aromatic heterocycles. The molecule has 1 rings (SSSR count). The van der Waals surface area contributed by atoms with Crippen molar-refractivity contribution in [1.29, 1.82) is 0 Å². The van der Waals surface area contributed by atoms with Gasteiger partial charge in [0.1, 0.15) is 6.54 Å². The van der Waals surface area contributed by atoms with Crippen LogP contribution in [0.15, 0.2) is 6.20 Å². The number of aromatic nitrogens is 3. The fraction of sp³-hybridized carbons (Fsp3) is 0.600. The van der Waals surface area contributed by atoms with Gasteiger partial charge in [-0.25, -0.2) is 13.5 Å². The molecular weight excluding hydrogens is 190 g/mol. The summed E-state index contributed by atoms with van der Waals surface area (Å²) in [7, 11) is 0. The lowest BCUT2D eigenvalue weighted by atomic mass is 10.5. The minimum absolute atomic E-state index is 0. The Kier molecular flexibility index (Phi) is 4.68. The third-order valence-electron chi connectivity index (χ3n) is 1.12. The SMILES string of the molecule is Cl.NCc1cn(CC(F)F)nn1. The summed E-state index contributed by atoms with van der Waals surface area (Å²) in [5.41, 5.74) is 5.71. The molecule has 0 aliphatic rings. The van der Waals surface area contributed by atoms with Gasteiger partial charge >= 0.3 is 0 Å². The maximum absolute atomic E-state index is 11.7. The Morgan fingerprint density at radius 2 is 2.25 bits per heavy atom. The van der Waals surface area contributed by atoms with Gasteiger partial charge in [0, 0.05) is 12.7 Å². The maximum Gasteiger partial charge on any atom is 0.257 e. The zero-order valence-corrected chi connectivity index (χ0v) is 6.97. The lowest BCUT2D eigenvalue weighted by Crippen LogP contribution is -2.06. The van der Waals surface area contributed by atoms with E-state index in [0.29, 0.717) is 5.69 Å². The Morgan fingerprint density at radius 1 is 1.58 bits per heavy atom. The molecule has 0 aliphatic heterocycles. The van der Waals surface area contributed by atoms with Crippen molar-refractivity contribution < 1.29 is 8.78 Å². The molecule has 0 unspecified atom stereocenters. The van der Waals surface area contributed by atoms with Crippen LogP contribution in [0.4, 0.5) is 8.78 Å². The summed E-state index contributed by atoms with van der Waals surface area (Å²) in [6, 6.07) is 0. The molecule has 0 bridgehead atoms. The molecule has 0 saturated heterocycles. The molecule has 0 fully saturated rings. The summed E-state index contributed by atoms with van der Waals surface area (Å²) in [5, 5.41) is 6.98. The number of rotatable bonds is 3. The first kappa shape index (κ1) is 11.2. The van der Waals surface area contributed by atoms with Crippen LogP contribution in [0.2, 0.25) is 0 Å². The quantitative estimate of drug-likeness (QED) is 0.766. The lowest BCUT2D eigenvalue weighted by molar-refractivity contribution is 0.121. The van der Waals surface area contributed by atoms with Crippen LogP contribution in [0.5, 0.6) is 0 Å². The molecule has 0 amide bonds. The van der Waals surface area contributed by atoms with Crippen LogP contribution in [0, 0.1) is 0 Å². The van der Waals surface area contributed by atoms with E-state index >= 15 is 0 Å². The molecule has 70 valence electrons. The second kappa shape index (κ2) is 5.00. The molecule has 7 heteroatoms. The first-order valence-electron chi connectivity index (χ1n) is 3.09. The monoisotopic (exact) mass is 198 g/mol. The van der Waals surface area contributed by atoms with E-state index in [1.54, 1.807) is 0 Å². The first-order valence-corrected chi connectivity index (χ1v) is 3.09. The minimum Gasteiger partial charge on any atom is -0.325 e. The van der Waals surface area contributed by atoms with Gasteiger partial charge in [0.05, 0.1) is 5.69 Å². The predicted molar refractivity (Wildman–Crippen MR) is 41.2 cm³/mol. The Hall–Kier alpha value is -0.750. The Bertz CT molecular complexity index is 227. The van der Waals surface area contributed by atoms with Crippen LogP contribution >= 0.6 is 12.4 Å². The predicted octanol–water partition coefficient (Wildman–Crippen LogP) is 0.424. The topological polar surface area (TPSA) is 56.7 Å². The zero-order valence-electron chi connectivity index (χ0n) is 6.15. The first-order chi connectivity index (χ1) is 5.22. The molecule has 0 saturated carbocycles. The van der Waals surface area contributed by atoms with Gasteiger partial charge in [-0.3, -0.25) is 0 Å². The van der Waals surface area contributed by atoms with Crippen LogP contribution in [-0.2, 0) is 13.1 Å². The van der Waals surface area contributed by atoms with Crippen molar-refractivity contribution in [2.75, 3.05) is 0 Å². The van der Waals surface area contributed by atoms with Crippen LogP contribution in [0.1, 0.15) is 5.69 Å².